The SMILES string of the molecule is COc1ccc(C(=O)OCC(=O)Nc2nc3ccccc3s2)cc1S(=O)(=O)N1CCOCC1. The van der Waals surface area contributed by atoms with Crippen LogP contribution in [0.25, 0.3) is 10.2 Å². The lowest BCUT2D eigenvalue weighted by Gasteiger charge is -2.26. The summed E-state index contributed by atoms with van der Waals surface area (Å²) < 4.78 is 43.8. The highest BCUT2D eigenvalue weighted by Gasteiger charge is 2.30. The Morgan fingerprint density at radius 2 is 1.94 bits per heavy atom. The number of aromatic nitrogens is 1. The first-order valence-electron chi connectivity index (χ1n) is 9.97. The summed E-state index contributed by atoms with van der Waals surface area (Å²) in [6.45, 7) is 0.421. The van der Waals surface area contributed by atoms with E-state index >= 15 is 0 Å². The lowest BCUT2D eigenvalue weighted by molar-refractivity contribution is -0.119. The molecule has 1 N–H and O–H groups in total. The monoisotopic (exact) mass is 491 g/mol. The van der Waals surface area contributed by atoms with Crippen LogP contribution in [0.1, 0.15) is 10.4 Å². The van der Waals surface area contributed by atoms with Gasteiger partial charge in [-0.2, -0.15) is 4.31 Å². The maximum atomic E-state index is 13.1. The number of rotatable bonds is 7. The molecule has 0 spiro atoms. The van der Waals surface area contributed by atoms with Gasteiger partial charge in [0.25, 0.3) is 5.91 Å². The fourth-order valence-electron chi connectivity index (χ4n) is 3.23. The smallest absolute Gasteiger partial charge is 0.338 e. The van der Waals surface area contributed by atoms with E-state index in [1.54, 1.807) is 0 Å². The number of amides is 1. The molecule has 33 heavy (non-hydrogen) atoms. The molecule has 1 fully saturated rings. The van der Waals surface area contributed by atoms with Crippen molar-refractivity contribution in [3.8, 4) is 5.75 Å². The van der Waals surface area contributed by atoms with E-state index in [0.29, 0.717) is 5.13 Å². The van der Waals surface area contributed by atoms with Crippen LogP contribution in [0.15, 0.2) is 47.4 Å². The number of anilines is 1. The molecule has 1 aliphatic heterocycles. The van der Waals surface area contributed by atoms with Crippen LogP contribution in [0.2, 0.25) is 0 Å². The van der Waals surface area contributed by atoms with E-state index in [-0.39, 0.29) is 42.5 Å². The number of hydrogen-bond acceptors (Lipinski definition) is 9. The van der Waals surface area contributed by atoms with Crippen LogP contribution in [0, 0.1) is 0 Å². The highest BCUT2D eigenvalue weighted by Crippen LogP contribution is 2.29. The first-order chi connectivity index (χ1) is 15.9. The van der Waals surface area contributed by atoms with Gasteiger partial charge in [-0.25, -0.2) is 18.2 Å². The Hall–Kier alpha value is -3.06. The van der Waals surface area contributed by atoms with Crippen molar-refractivity contribution in [2.45, 2.75) is 4.90 Å². The fraction of sp³-hybridized carbons (Fsp3) is 0.286. The standard InChI is InChI=1S/C21H21N3O7S2/c1-29-16-7-6-14(12-18(16)33(27,28)24-8-10-30-11-9-24)20(26)31-13-19(25)23-21-22-15-4-2-3-5-17(15)32-21/h2-7,12H,8-11,13H2,1H3,(H,22,23,25). The minimum Gasteiger partial charge on any atom is -0.495 e. The van der Waals surface area contributed by atoms with Crippen LogP contribution in [-0.2, 0) is 24.3 Å². The zero-order valence-electron chi connectivity index (χ0n) is 17.6. The largest absolute Gasteiger partial charge is 0.495 e. The van der Waals surface area contributed by atoms with Crippen LogP contribution >= 0.6 is 11.3 Å². The average molecular weight is 492 g/mol. The number of fused-ring (bicyclic) bond motifs is 1. The van der Waals surface area contributed by atoms with Crippen molar-refractivity contribution in [3.63, 3.8) is 0 Å². The number of nitrogens with one attached hydrogen (secondary N) is 1. The van der Waals surface area contributed by atoms with Gasteiger partial charge in [-0.05, 0) is 30.3 Å². The second-order valence-electron chi connectivity index (χ2n) is 6.99. The first-order valence-corrected chi connectivity index (χ1v) is 12.2. The number of esters is 1. The van der Waals surface area contributed by atoms with Crippen molar-refractivity contribution in [1.29, 1.82) is 0 Å². The lowest BCUT2D eigenvalue weighted by atomic mass is 10.2. The van der Waals surface area contributed by atoms with Crippen molar-refractivity contribution in [1.82, 2.24) is 9.29 Å². The molecule has 4 rings (SSSR count). The maximum Gasteiger partial charge on any atom is 0.338 e. The molecule has 1 saturated heterocycles. The number of morpholine rings is 1. The van der Waals surface area contributed by atoms with Gasteiger partial charge in [0, 0.05) is 13.1 Å². The Labute approximate surface area is 194 Å². The Balaban J connectivity index is 1.44. The van der Waals surface area contributed by atoms with E-state index in [1.165, 1.54) is 41.0 Å². The van der Waals surface area contributed by atoms with Gasteiger partial charge in [0.15, 0.2) is 11.7 Å². The van der Waals surface area contributed by atoms with Crippen LogP contribution in [-0.4, -0.2) is 69.6 Å². The van der Waals surface area contributed by atoms with E-state index in [2.05, 4.69) is 10.3 Å². The van der Waals surface area contributed by atoms with Crippen molar-refractivity contribution < 1.29 is 32.2 Å². The number of para-hydroxylation sites is 1. The number of carbonyl (C=O) groups is 2. The molecular weight excluding hydrogens is 470 g/mol. The van der Waals surface area contributed by atoms with Crippen LogP contribution in [0.3, 0.4) is 0 Å². The van der Waals surface area contributed by atoms with E-state index in [4.69, 9.17) is 14.2 Å². The zero-order chi connectivity index (χ0) is 23.4. The van der Waals surface area contributed by atoms with E-state index < -0.39 is 28.5 Å². The van der Waals surface area contributed by atoms with Crippen LogP contribution in [0.5, 0.6) is 5.75 Å². The summed E-state index contributed by atoms with van der Waals surface area (Å²) in [5.74, 6) is -1.29. The van der Waals surface area contributed by atoms with Gasteiger partial charge >= 0.3 is 5.97 Å². The number of hydrogen-bond donors (Lipinski definition) is 1. The summed E-state index contributed by atoms with van der Waals surface area (Å²) >= 11 is 1.30. The number of methoxy groups -OCH3 is 1. The summed E-state index contributed by atoms with van der Waals surface area (Å²) in [4.78, 5) is 28.9. The molecule has 12 heteroatoms. The molecule has 0 aliphatic carbocycles. The van der Waals surface area contributed by atoms with Gasteiger partial charge in [-0.3, -0.25) is 10.1 Å². The Morgan fingerprint density at radius 3 is 2.67 bits per heavy atom. The van der Waals surface area contributed by atoms with Gasteiger partial charge in [0.1, 0.15) is 10.6 Å². The number of ether oxygens (including phenoxy) is 3. The second-order valence-corrected chi connectivity index (χ2v) is 9.93. The fourth-order valence-corrected chi connectivity index (χ4v) is 5.70. The molecule has 1 aliphatic rings. The highest BCUT2D eigenvalue weighted by atomic mass is 32.2. The molecule has 2 aromatic carbocycles. The molecule has 0 bridgehead atoms. The third kappa shape index (κ3) is 5.14. The molecule has 1 aromatic heterocycles. The number of thiazole rings is 1. The molecule has 0 unspecified atom stereocenters. The van der Waals surface area contributed by atoms with E-state index in [1.807, 2.05) is 24.3 Å². The van der Waals surface area contributed by atoms with E-state index in [9.17, 15) is 18.0 Å². The Bertz CT molecular complexity index is 1250. The predicted molar refractivity (Wildman–Crippen MR) is 121 cm³/mol. The van der Waals surface area contributed by atoms with Gasteiger partial charge in [-0.1, -0.05) is 23.5 Å². The van der Waals surface area contributed by atoms with Crippen molar-refractivity contribution in [2.75, 3.05) is 45.3 Å². The van der Waals surface area contributed by atoms with Crippen LogP contribution < -0.4 is 10.1 Å². The summed E-state index contributed by atoms with van der Waals surface area (Å²) in [5.41, 5.74) is 0.734. The van der Waals surface area contributed by atoms with Crippen LogP contribution in [0.4, 0.5) is 5.13 Å². The van der Waals surface area contributed by atoms with Gasteiger partial charge in [-0.15, -0.1) is 0 Å². The van der Waals surface area contributed by atoms with Gasteiger partial charge in [0.05, 0.1) is 36.1 Å². The van der Waals surface area contributed by atoms with Crippen molar-refractivity contribution in [2.24, 2.45) is 0 Å². The lowest BCUT2D eigenvalue weighted by Crippen LogP contribution is -2.40. The molecule has 3 aromatic rings. The Morgan fingerprint density at radius 1 is 1.18 bits per heavy atom. The van der Waals surface area contributed by atoms with Crippen molar-refractivity contribution >= 4 is 48.6 Å². The zero-order valence-corrected chi connectivity index (χ0v) is 19.3. The van der Waals surface area contributed by atoms with Gasteiger partial charge in [0.2, 0.25) is 10.0 Å². The number of nitrogens with zero attached hydrogens (tertiary/aromatic N) is 2. The average Bonchev–Trinajstić information content (AvgIpc) is 3.24. The minimum absolute atomic E-state index is 0.0181. The molecule has 10 nitrogen and oxygen atoms in total. The first kappa shape index (κ1) is 23.1. The normalized spacial score (nSPS) is 14.7. The number of benzene rings is 2. The molecule has 0 radical (unpaired) electrons. The third-order valence-electron chi connectivity index (χ3n) is 4.86. The topological polar surface area (TPSA) is 124 Å². The minimum atomic E-state index is -3.91. The summed E-state index contributed by atoms with van der Waals surface area (Å²) in [6, 6.07) is 11.4. The summed E-state index contributed by atoms with van der Waals surface area (Å²) in [6.07, 6.45) is 0. The molecule has 174 valence electrons. The third-order valence-corrected chi connectivity index (χ3v) is 7.73. The molecule has 1 amide bonds. The quantitative estimate of drug-likeness (QED) is 0.499. The molecular formula is C21H21N3O7S2. The molecule has 0 atom stereocenters. The number of carbonyl (C=O) groups excluding carboxylic acids is 2. The second kappa shape index (κ2) is 9.83. The molecule has 2 heterocycles. The molecule has 0 saturated carbocycles. The summed E-state index contributed by atoms with van der Waals surface area (Å²) in [5, 5.41) is 2.98. The predicted octanol–water partition coefficient (Wildman–Crippen LogP) is 2.12. The number of sulfonamides is 1. The Kier molecular flexibility index (Phi) is 6.88. The van der Waals surface area contributed by atoms with Gasteiger partial charge < -0.3 is 14.2 Å². The highest BCUT2D eigenvalue weighted by molar-refractivity contribution is 7.89. The van der Waals surface area contributed by atoms with Crippen molar-refractivity contribution in [3.05, 3.63) is 48.0 Å². The van der Waals surface area contributed by atoms with E-state index in [0.717, 1.165) is 10.2 Å². The summed E-state index contributed by atoms with van der Waals surface area (Å²) in [7, 11) is -2.57. The maximum absolute atomic E-state index is 13.1.